The molecule has 2 amide bonds. The summed E-state index contributed by atoms with van der Waals surface area (Å²) in [6.07, 6.45) is 3.01. The largest absolute Gasteiger partial charge is 0.481 e. The highest BCUT2D eigenvalue weighted by molar-refractivity contribution is 5.75. The number of carboxylic acids is 1. The summed E-state index contributed by atoms with van der Waals surface area (Å²) in [6, 6.07) is -0.0708. The molecule has 6 nitrogen and oxygen atoms in total. The highest BCUT2D eigenvalue weighted by Crippen LogP contribution is 2.15. The Morgan fingerprint density at radius 2 is 2.15 bits per heavy atom. The first-order chi connectivity index (χ1) is 9.58. The summed E-state index contributed by atoms with van der Waals surface area (Å²) >= 11 is 0. The zero-order chi connectivity index (χ0) is 15.0. The maximum atomic E-state index is 12.4. The van der Waals surface area contributed by atoms with Gasteiger partial charge in [-0.05, 0) is 26.2 Å². The molecule has 1 saturated heterocycles. The molecule has 1 aliphatic rings. The number of ether oxygens (including phenoxy) is 1. The molecule has 6 heteroatoms. The fourth-order valence-corrected chi connectivity index (χ4v) is 2.35. The lowest BCUT2D eigenvalue weighted by molar-refractivity contribution is -0.137. The quantitative estimate of drug-likeness (QED) is 0.774. The number of hydrogen-bond donors (Lipinski definition) is 1. The lowest BCUT2D eigenvalue weighted by atomic mass is 10.1. The van der Waals surface area contributed by atoms with E-state index in [9.17, 15) is 9.59 Å². The molecular formula is C14H26N2O4. The van der Waals surface area contributed by atoms with Crippen molar-refractivity contribution in [3.8, 4) is 0 Å². The standard InChI is InChI=1S/C14H26N2O4/c1-3-10-20-12-6-5-8-16(11-12)14(19)15(4-2)9-7-13(17)18/h12H,3-11H2,1-2H3,(H,17,18). The van der Waals surface area contributed by atoms with E-state index < -0.39 is 5.97 Å². The molecule has 1 heterocycles. The number of urea groups is 1. The third kappa shape index (κ3) is 5.36. The highest BCUT2D eigenvalue weighted by atomic mass is 16.5. The number of likely N-dealkylation sites (tertiary alicyclic amines) is 1. The number of nitrogens with zero attached hydrogens (tertiary/aromatic N) is 2. The molecule has 1 unspecified atom stereocenters. The SMILES string of the molecule is CCCOC1CCCN(C(=O)N(CC)CCC(=O)O)C1. The van der Waals surface area contributed by atoms with Crippen molar-refractivity contribution in [3.05, 3.63) is 0 Å². The monoisotopic (exact) mass is 286 g/mol. The number of aliphatic carboxylic acids is 1. The molecule has 1 fully saturated rings. The Labute approximate surface area is 120 Å². The van der Waals surface area contributed by atoms with E-state index in [1.807, 2.05) is 6.92 Å². The van der Waals surface area contributed by atoms with Gasteiger partial charge in [-0.1, -0.05) is 6.92 Å². The number of piperidine rings is 1. The topological polar surface area (TPSA) is 70.1 Å². The molecule has 0 spiro atoms. The van der Waals surface area contributed by atoms with Crippen LogP contribution in [0, 0.1) is 0 Å². The Kier molecular flexibility index (Phi) is 7.36. The average molecular weight is 286 g/mol. The Bertz CT molecular complexity index is 322. The number of carbonyl (C=O) groups is 2. The lowest BCUT2D eigenvalue weighted by Gasteiger charge is -2.36. The van der Waals surface area contributed by atoms with E-state index in [1.165, 1.54) is 0 Å². The summed E-state index contributed by atoms with van der Waals surface area (Å²) in [5, 5.41) is 8.72. The van der Waals surface area contributed by atoms with Gasteiger partial charge in [0.1, 0.15) is 0 Å². The third-order valence-electron chi connectivity index (χ3n) is 3.45. The van der Waals surface area contributed by atoms with Crippen LogP contribution in [0.3, 0.4) is 0 Å². The molecule has 1 atom stereocenters. The molecule has 1 N–H and O–H groups in total. The van der Waals surface area contributed by atoms with Gasteiger partial charge in [0.2, 0.25) is 0 Å². The minimum absolute atomic E-state index is 0.0107. The molecule has 0 saturated carbocycles. The second-order valence-corrected chi connectivity index (χ2v) is 5.09. The minimum atomic E-state index is -0.876. The van der Waals surface area contributed by atoms with Crippen molar-refractivity contribution in [3.63, 3.8) is 0 Å². The fourth-order valence-electron chi connectivity index (χ4n) is 2.35. The van der Waals surface area contributed by atoms with E-state index in [1.54, 1.807) is 9.80 Å². The summed E-state index contributed by atoms with van der Waals surface area (Å²) in [5.74, 6) is -0.876. The van der Waals surface area contributed by atoms with Crippen LogP contribution in [-0.4, -0.2) is 65.8 Å². The summed E-state index contributed by atoms with van der Waals surface area (Å²) in [4.78, 5) is 26.4. The summed E-state index contributed by atoms with van der Waals surface area (Å²) in [5.41, 5.74) is 0. The molecule has 0 aliphatic carbocycles. The molecule has 116 valence electrons. The molecule has 20 heavy (non-hydrogen) atoms. The second-order valence-electron chi connectivity index (χ2n) is 5.09. The predicted molar refractivity (Wildman–Crippen MR) is 75.7 cm³/mol. The molecule has 1 aliphatic heterocycles. The zero-order valence-corrected chi connectivity index (χ0v) is 12.5. The molecule has 0 bridgehead atoms. The summed E-state index contributed by atoms with van der Waals surface area (Å²) in [6.45, 7) is 6.80. The van der Waals surface area contributed by atoms with Gasteiger partial charge >= 0.3 is 12.0 Å². The van der Waals surface area contributed by atoms with Gasteiger partial charge in [0.15, 0.2) is 0 Å². The number of carboxylic acid groups (broad SMARTS) is 1. The van der Waals surface area contributed by atoms with E-state index in [0.717, 1.165) is 32.4 Å². The van der Waals surface area contributed by atoms with Crippen LogP contribution in [0.15, 0.2) is 0 Å². The number of amides is 2. The average Bonchev–Trinajstić information content (AvgIpc) is 2.45. The van der Waals surface area contributed by atoms with Crippen molar-refractivity contribution in [2.24, 2.45) is 0 Å². The van der Waals surface area contributed by atoms with Crippen LogP contribution in [0.2, 0.25) is 0 Å². The van der Waals surface area contributed by atoms with Crippen molar-refractivity contribution < 1.29 is 19.4 Å². The summed E-state index contributed by atoms with van der Waals surface area (Å²) < 4.78 is 5.72. The van der Waals surface area contributed by atoms with Crippen LogP contribution in [0.1, 0.15) is 39.5 Å². The van der Waals surface area contributed by atoms with E-state index in [0.29, 0.717) is 13.1 Å². The van der Waals surface area contributed by atoms with Crippen LogP contribution >= 0.6 is 0 Å². The molecule has 0 aromatic carbocycles. The molecule has 0 aromatic heterocycles. The maximum Gasteiger partial charge on any atom is 0.320 e. The second kappa shape index (κ2) is 8.79. The van der Waals surface area contributed by atoms with Crippen molar-refractivity contribution >= 4 is 12.0 Å². The van der Waals surface area contributed by atoms with Gasteiger partial charge in [-0.2, -0.15) is 0 Å². The van der Waals surface area contributed by atoms with Gasteiger partial charge in [0.05, 0.1) is 12.5 Å². The van der Waals surface area contributed by atoms with E-state index in [-0.39, 0.29) is 25.1 Å². The van der Waals surface area contributed by atoms with Gasteiger partial charge in [-0.3, -0.25) is 4.79 Å². The van der Waals surface area contributed by atoms with Gasteiger partial charge < -0.3 is 19.6 Å². The normalized spacial score (nSPS) is 18.9. The Morgan fingerprint density at radius 3 is 2.75 bits per heavy atom. The van der Waals surface area contributed by atoms with Crippen LogP contribution in [0.5, 0.6) is 0 Å². The van der Waals surface area contributed by atoms with Crippen molar-refractivity contribution in [1.29, 1.82) is 0 Å². The van der Waals surface area contributed by atoms with Crippen molar-refractivity contribution in [2.75, 3.05) is 32.8 Å². The molecule has 1 rings (SSSR count). The zero-order valence-electron chi connectivity index (χ0n) is 12.5. The van der Waals surface area contributed by atoms with E-state index >= 15 is 0 Å². The smallest absolute Gasteiger partial charge is 0.320 e. The number of carbonyl (C=O) groups excluding carboxylic acids is 1. The number of rotatable bonds is 7. The predicted octanol–water partition coefficient (Wildman–Crippen LogP) is 1.79. The fraction of sp³-hybridized carbons (Fsp3) is 0.857. The Balaban J connectivity index is 2.48. The van der Waals surface area contributed by atoms with Crippen LogP contribution in [0.4, 0.5) is 4.79 Å². The maximum absolute atomic E-state index is 12.4. The molecule has 0 radical (unpaired) electrons. The van der Waals surface area contributed by atoms with Crippen LogP contribution in [-0.2, 0) is 9.53 Å². The Hall–Kier alpha value is -1.30. The third-order valence-corrected chi connectivity index (χ3v) is 3.45. The first-order valence-electron chi connectivity index (χ1n) is 7.45. The van der Waals surface area contributed by atoms with Crippen LogP contribution < -0.4 is 0 Å². The molecule has 0 aromatic rings. The lowest BCUT2D eigenvalue weighted by Crippen LogP contribution is -2.49. The first kappa shape index (κ1) is 16.8. The van der Waals surface area contributed by atoms with Gasteiger partial charge in [0.25, 0.3) is 0 Å². The first-order valence-corrected chi connectivity index (χ1v) is 7.45. The van der Waals surface area contributed by atoms with Crippen LogP contribution in [0.25, 0.3) is 0 Å². The van der Waals surface area contributed by atoms with Gasteiger partial charge in [-0.25, -0.2) is 4.79 Å². The molecular weight excluding hydrogens is 260 g/mol. The number of hydrogen-bond acceptors (Lipinski definition) is 3. The van der Waals surface area contributed by atoms with Gasteiger partial charge in [-0.15, -0.1) is 0 Å². The van der Waals surface area contributed by atoms with Crippen molar-refractivity contribution in [1.82, 2.24) is 9.80 Å². The minimum Gasteiger partial charge on any atom is -0.481 e. The van der Waals surface area contributed by atoms with Gasteiger partial charge in [0, 0.05) is 32.8 Å². The van der Waals surface area contributed by atoms with E-state index in [2.05, 4.69) is 6.92 Å². The van der Waals surface area contributed by atoms with E-state index in [4.69, 9.17) is 9.84 Å². The summed E-state index contributed by atoms with van der Waals surface area (Å²) in [7, 11) is 0. The van der Waals surface area contributed by atoms with Crippen molar-refractivity contribution in [2.45, 2.75) is 45.6 Å². The highest BCUT2D eigenvalue weighted by Gasteiger charge is 2.26. The Morgan fingerprint density at radius 1 is 1.40 bits per heavy atom.